The number of hydrogen-bond acceptors (Lipinski definition) is 3. The Kier molecular flexibility index (Phi) is 4.31. The summed E-state index contributed by atoms with van der Waals surface area (Å²) in [6, 6.07) is 6.31. The molecule has 1 aromatic heterocycles. The number of thiazole rings is 1. The molecule has 2 nitrogen and oxygen atoms in total. The molecule has 0 fully saturated rings. The second kappa shape index (κ2) is 5.63. The van der Waals surface area contributed by atoms with Crippen LogP contribution in [0.5, 0.6) is 0 Å². The lowest BCUT2D eigenvalue weighted by atomic mass is 9.98. The lowest BCUT2D eigenvalue weighted by molar-refractivity contribution is 0.585. The minimum atomic E-state index is 0.136. The highest BCUT2D eigenvalue weighted by atomic mass is 79.9. The summed E-state index contributed by atoms with van der Waals surface area (Å²) >= 11 is 5.30. The Hall–Kier alpha value is -0.870. The topological polar surface area (TPSA) is 24.9 Å². The van der Waals surface area contributed by atoms with E-state index in [4.69, 9.17) is 0 Å². The molecule has 0 bridgehead atoms. The van der Waals surface area contributed by atoms with Crippen molar-refractivity contribution in [2.45, 2.75) is 39.7 Å². The molecule has 0 saturated heterocycles. The first-order chi connectivity index (χ1) is 8.86. The normalized spacial score (nSPS) is 11.6. The van der Waals surface area contributed by atoms with Crippen molar-refractivity contribution in [3.05, 3.63) is 44.3 Å². The number of halogens is 1. The Labute approximate surface area is 127 Å². The van der Waals surface area contributed by atoms with Gasteiger partial charge in [-0.2, -0.15) is 0 Å². The molecule has 1 N–H and O–H groups in total. The predicted octanol–water partition coefficient (Wildman–Crippen LogP) is 5.12. The Morgan fingerprint density at radius 3 is 2.63 bits per heavy atom. The third-order valence-electron chi connectivity index (χ3n) is 2.82. The first kappa shape index (κ1) is 14.5. The van der Waals surface area contributed by atoms with Crippen molar-refractivity contribution >= 4 is 33.0 Å². The molecule has 0 atom stereocenters. The van der Waals surface area contributed by atoms with Gasteiger partial charge in [0, 0.05) is 26.6 Å². The van der Waals surface area contributed by atoms with E-state index in [1.54, 1.807) is 11.3 Å². The van der Waals surface area contributed by atoms with Gasteiger partial charge in [0.15, 0.2) is 0 Å². The molecule has 0 aliphatic rings. The SMILES string of the molecule is Cc1cc(NCc2cnc(C(C)(C)C)s2)ccc1Br. The molecule has 4 heteroatoms. The van der Waals surface area contributed by atoms with E-state index in [-0.39, 0.29) is 5.41 Å². The quantitative estimate of drug-likeness (QED) is 0.839. The first-order valence-corrected chi connectivity index (χ1v) is 7.92. The van der Waals surface area contributed by atoms with Gasteiger partial charge >= 0.3 is 0 Å². The Morgan fingerprint density at radius 1 is 1.32 bits per heavy atom. The van der Waals surface area contributed by atoms with Crippen LogP contribution in [0.15, 0.2) is 28.9 Å². The number of benzene rings is 1. The van der Waals surface area contributed by atoms with Crippen LogP contribution in [0.4, 0.5) is 5.69 Å². The standard InChI is InChI=1S/C15H19BrN2S/c1-10-7-11(5-6-13(10)16)17-8-12-9-18-14(19-12)15(2,3)4/h5-7,9,17H,8H2,1-4H3. The van der Waals surface area contributed by atoms with Crippen molar-refractivity contribution < 1.29 is 0 Å². The van der Waals surface area contributed by atoms with Gasteiger partial charge in [0.1, 0.15) is 0 Å². The van der Waals surface area contributed by atoms with Gasteiger partial charge in [0.05, 0.1) is 11.6 Å². The Bertz CT molecular complexity index is 570. The number of nitrogens with zero attached hydrogens (tertiary/aromatic N) is 1. The third kappa shape index (κ3) is 3.80. The molecular weight excluding hydrogens is 320 g/mol. The van der Waals surface area contributed by atoms with E-state index >= 15 is 0 Å². The second-order valence-corrected chi connectivity index (χ2v) is 7.67. The summed E-state index contributed by atoms with van der Waals surface area (Å²) in [6.45, 7) is 9.51. The number of rotatable bonds is 3. The highest BCUT2D eigenvalue weighted by Crippen LogP contribution is 2.27. The van der Waals surface area contributed by atoms with Gasteiger partial charge in [-0.3, -0.25) is 0 Å². The van der Waals surface area contributed by atoms with E-state index in [0.717, 1.165) is 16.7 Å². The van der Waals surface area contributed by atoms with Crippen LogP contribution in [0, 0.1) is 6.92 Å². The number of aryl methyl sites for hydroxylation is 1. The zero-order valence-electron chi connectivity index (χ0n) is 11.7. The van der Waals surface area contributed by atoms with E-state index in [2.05, 4.69) is 72.1 Å². The molecule has 102 valence electrons. The van der Waals surface area contributed by atoms with Gasteiger partial charge in [0.2, 0.25) is 0 Å². The van der Waals surface area contributed by atoms with Crippen molar-refractivity contribution in [2.24, 2.45) is 0 Å². The van der Waals surface area contributed by atoms with Crippen molar-refractivity contribution in [1.29, 1.82) is 0 Å². The van der Waals surface area contributed by atoms with Crippen molar-refractivity contribution in [1.82, 2.24) is 4.98 Å². The van der Waals surface area contributed by atoms with Gasteiger partial charge in [-0.05, 0) is 30.7 Å². The van der Waals surface area contributed by atoms with E-state index in [9.17, 15) is 0 Å². The summed E-state index contributed by atoms with van der Waals surface area (Å²) in [4.78, 5) is 5.77. The summed E-state index contributed by atoms with van der Waals surface area (Å²) in [5.74, 6) is 0. The maximum Gasteiger partial charge on any atom is 0.0981 e. The monoisotopic (exact) mass is 338 g/mol. The summed E-state index contributed by atoms with van der Waals surface area (Å²) in [7, 11) is 0. The third-order valence-corrected chi connectivity index (χ3v) is 5.13. The number of hydrogen-bond donors (Lipinski definition) is 1. The average molecular weight is 339 g/mol. The molecule has 0 amide bonds. The second-order valence-electron chi connectivity index (χ2n) is 5.70. The van der Waals surface area contributed by atoms with Crippen LogP contribution in [0.1, 0.15) is 36.2 Å². The molecule has 0 aliphatic carbocycles. The molecule has 0 radical (unpaired) electrons. The highest BCUT2D eigenvalue weighted by molar-refractivity contribution is 9.10. The number of anilines is 1. The van der Waals surface area contributed by atoms with Crippen molar-refractivity contribution in [2.75, 3.05) is 5.32 Å². The molecule has 0 spiro atoms. The lowest BCUT2D eigenvalue weighted by Crippen LogP contribution is -2.09. The van der Waals surface area contributed by atoms with Crippen molar-refractivity contribution in [3.8, 4) is 0 Å². The molecule has 1 heterocycles. The minimum absolute atomic E-state index is 0.136. The zero-order chi connectivity index (χ0) is 14.0. The fourth-order valence-electron chi connectivity index (χ4n) is 1.68. The maximum atomic E-state index is 4.50. The molecule has 19 heavy (non-hydrogen) atoms. The van der Waals surface area contributed by atoms with Gasteiger partial charge < -0.3 is 5.32 Å². The molecule has 2 aromatic rings. The van der Waals surface area contributed by atoms with E-state index < -0.39 is 0 Å². The Balaban J connectivity index is 2.02. The Morgan fingerprint density at radius 2 is 2.05 bits per heavy atom. The van der Waals surface area contributed by atoms with Gasteiger partial charge in [-0.25, -0.2) is 4.98 Å². The molecule has 1 aromatic carbocycles. The van der Waals surface area contributed by atoms with E-state index in [1.807, 2.05) is 6.20 Å². The fraction of sp³-hybridized carbons (Fsp3) is 0.400. The van der Waals surface area contributed by atoms with Gasteiger partial charge in [0.25, 0.3) is 0 Å². The average Bonchev–Trinajstić information content (AvgIpc) is 2.79. The first-order valence-electron chi connectivity index (χ1n) is 6.31. The minimum Gasteiger partial charge on any atom is -0.380 e. The van der Waals surface area contributed by atoms with Gasteiger partial charge in [-0.1, -0.05) is 36.7 Å². The maximum absolute atomic E-state index is 4.50. The lowest BCUT2D eigenvalue weighted by Gasteiger charge is -2.13. The summed E-state index contributed by atoms with van der Waals surface area (Å²) in [5, 5.41) is 4.63. The van der Waals surface area contributed by atoms with Crippen molar-refractivity contribution in [3.63, 3.8) is 0 Å². The fourth-order valence-corrected chi connectivity index (χ4v) is 2.84. The smallest absolute Gasteiger partial charge is 0.0981 e. The molecular formula is C15H19BrN2S. The molecule has 0 saturated carbocycles. The van der Waals surface area contributed by atoms with Crippen LogP contribution >= 0.6 is 27.3 Å². The van der Waals surface area contributed by atoms with Crippen LogP contribution in [0.25, 0.3) is 0 Å². The van der Waals surface area contributed by atoms with E-state index in [0.29, 0.717) is 0 Å². The van der Waals surface area contributed by atoms with E-state index in [1.165, 1.54) is 15.4 Å². The molecule has 2 rings (SSSR count). The summed E-state index contributed by atoms with van der Waals surface area (Å²) < 4.78 is 1.14. The van der Waals surface area contributed by atoms with Crippen LogP contribution in [0.3, 0.4) is 0 Å². The van der Waals surface area contributed by atoms with Crippen LogP contribution < -0.4 is 5.32 Å². The molecule has 0 unspecified atom stereocenters. The van der Waals surface area contributed by atoms with Crippen LogP contribution in [-0.2, 0) is 12.0 Å². The number of aromatic nitrogens is 1. The number of nitrogens with one attached hydrogen (secondary N) is 1. The highest BCUT2D eigenvalue weighted by Gasteiger charge is 2.17. The predicted molar refractivity (Wildman–Crippen MR) is 87.0 cm³/mol. The zero-order valence-corrected chi connectivity index (χ0v) is 14.2. The van der Waals surface area contributed by atoms with Gasteiger partial charge in [-0.15, -0.1) is 11.3 Å². The summed E-state index contributed by atoms with van der Waals surface area (Å²) in [5.41, 5.74) is 2.52. The molecule has 0 aliphatic heterocycles. The van der Waals surface area contributed by atoms with Crippen LogP contribution in [-0.4, -0.2) is 4.98 Å². The van der Waals surface area contributed by atoms with Crippen LogP contribution in [0.2, 0.25) is 0 Å². The summed E-state index contributed by atoms with van der Waals surface area (Å²) in [6.07, 6.45) is 1.98. The largest absolute Gasteiger partial charge is 0.380 e.